The average molecular weight is 954 g/mol. The molecule has 2 unspecified atom stereocenters. The number of aliphatic hydroxyl groups excluding tert-OH is 1. The van der Waals surface area contributed by atoms with Gasteiger partial charge in [-0.1, -0.05) is 74.8 Å². The number of thiazole rings is 1. The van der Waals surface area contributed by atoms with Crippen molar-refractivity contribution in [3.05, 3.63) is 113 Å². The molecule has 1 aliphatic heterocycles. The van der Waals surface area contributed by atoms with E-state index in [1.54, 1.807) is 11.3 Å². The molecule has 3 aromatic heterocycles. The number of halogens is 1. The van der Waals surface area contributed by atoms with E-state index in [2.05, 4.69) is 35.9 Å². The molecule has 0 radical (unpaired) electrons. The van der Waals surface area contributed by atoms with Gasteiger partial charge < -0.3 is 49.9 Å². The number of aromatic amines is 1. The molecule has 0 bridgehead atoms. The van der Waals surface area contributed by atoms with Crippen LogP contribution in [0.4, 0.5) is 5.82 Å². The number of hydrogen-bond acceptors (Lipinski definition) is 13. The number of nitrogens with one attached hydrogen (secondary N) is 4. The Labute approximate surface area is 398 Å². The predicted molar refractivity (Wildman–Crippen MR) is 258 cm³/mol. The maximum Gasteiger partial charge on any atom is 0.246 e. The maximum atomic E-state index is 13.9. The molecule has 3 atom stereocenters. The number of carbonyl (C=O) groups excluding carboxylic acids is 3. The highest BCUT2D eigenvalue weighted by Crippen LogP contribution is 2.30. The van der Waals surface area contributed by atoms with Gasteiger partial charge in [-0.15, -0.1) is 11.3 Å². The van der Waals surface area contributed by atoms with Crippen LogP contribution in [-0.4, -0.2) is 119 Å². The van der Waals surface area contributed by atoms with Gasteiger partial charge in [0.25, 0.3) is 0 Å². The van der Waals surface area contributed by atoms with Gasteiger partial charge in [0, 0.05) is 36.8 Å². The molecule has 3 amide bonds. The molecule has 3 aromatic carbocycles. The first-order chi connectivity index (χ1) is 32.3. The highest BCUT2D eigenvalue weighted by Gasteiger charge is 2.44. The van der Waals surface area contributed by atoms with Gasteiger partial charge in [-0.2, -0.15) is 0 Å². The Bertz CT molecular complexity index is 2580. The van der Waals surface area contributed by atoms with Crippen molar-refractivity contribution in [2.45, 2.75) is 65.4 Å². The van der Waals surface area contributed by atoms with Crippen LogP contribution in [-0.2, 0) is 41.7 Å². The summed E-state index contributed by atoms with van der Waals surface area (Å²) in [7, 11) is 0. The number of aryl methyl sites for hydroxylation is 1. The summed E-state index contributed by atoms with van der Waals surface area (Å²) in [5.74, 6) is 0.123. The van der Waals surface area contributed by atoms with Gasteiger partial charge in [0.05, 0.1) is 60.6 Å². The number of aliphatic hydroxyl groups is 1. The van der Waals surface area contributed by atoms with E-state index in [0.29, 0.717) is 49.6 Å². The fraction of sp³-hybridized carbons (Fsp3) is 0.388. The Morgan fingerprint density at radius 3 is 2.30 bits per heavy atom. The number of carbonyl (C=O) groups is 3. The third-order valence-corrected chi connectivity index (χ3v) is 12.5. The summed E-state index contributed by atoms with van der Waals surface area (Å²) in [6.07, 6.45) is 0.750. The number of amides is 3. The molecule has 6 aromatic rings. The first-order valence-electron chi connectivity index (χ1n) is 22.2. The Kier molecular flexibility index (Phi) is 16.9. The number of ether oxygens (including phenoxy) is 4. The van der Waals surface area contributed by atoms with E-state index < -0.39 is 35.4 Å². The molecular formula is C49H57ClN8O8S. The summed E-state index contributed by atoms with van der Waals surface area (Å²) in [6.45, 7) is 9.74. The summed E-state index contributed by atoms with van der Waals surface area (Å²) in [4.78, 5) is 59.3. The quantitative estimate of drug-likeness (QED) is 0.0460. The fourth-order valence-electron chi connectivity index (χ4n) is 7.59. The number of fused-ring (bicyclic) bond motifs is 1. The van der Waals surface area contributed by atoms with Crippen molar-refractivity contribution in [1.29, 1.82) is 0 Å². The highest BCUT2D eigenvalue weighted by atomic mass is 35.5. The Morgan fingerprint density at radius 2 is 1.60 bits per heavy atom. The average Bonchev–Trinajstić information content (AvgIpc) is 4.07. The lowest BCUT2D eigenvalue weighted by atomic mass is 9.85. The van der Waals surface area contributed by atoms with E-state index in [4.69, 9.17) is 30.5 Å². The summed E-state index contributed by atoms with van der Waals surface area (Å²) >= 11 is 7.90. The summed E-state index contributed by atoms with van der Waals surface area (Å²) in [6, 6.07) is 23.5. The van der Waals surface area contributed by atoms with Crippen LogP contribution in [0.2, 0.25) is 5.02 Å². The molecule has 0 spiro atoms. The molecule has 1 fully saturated rings. The number of anilines is 1. The second-order valence-corrected chi connectivity index (χ2v) is 18.5. The topological polar surface area (TPSA) is 202 Å². The summed E-state index contributed by atoms with van der Waals surface area (Å²) < 4.78 is 22.6. The van der Waals surface area contributed by atoms with Crippen LogP contribution in [0.5, 0.6) is 5.75 Å². The zero-order valence-corrected chi connectivity index (χ0v) is 39.6. The van der Waals surface area contributed by atoms with Gasteiger partial charge >= 0.3 is 0 Å². The highest BCUT2D eigenvalue weighted by molar-refractivity contribution is 7.13. The third-order valence-electron chi connectivity index (χ3n) is 11.2. The zero-order valence-electron chi connectivity index (χ0n) is 38.1. The molecule has 0 aliphatic carbocycles. The second-order valence-electron chi connectivity index (χ2n) is 17.2. The van der Waals surface area contributed by atoms with Crippen LogP contribution in [0.15, 0.2) is 90.7 Å². The van der Waals surface area contributed by atoms with Crippen LogP contribution in [0.3, 0.4) is 0 Å². The first-order valence-corrected chi connectivity index (χ1v) is 23.4. The number of benzene rings is 3. The molecule has 5 N–H and O–H groups in total. The fourth-order valence-corrected chi connectivity index (χ4v) is 8.61. The van der Waals surface area contributed by atoms with E-state index in [0.717, 1.165) is 49.6 Å². The minimum atomic E-state index is -0.964. The summed E-state index contributed by atoms with van der Waals surface area (Å²) in [5.41, 5.74) is 7.59. The molecule has 67 heavy (non-hydrogen) atoms. The minimum absolute atomic E-state index is 0.0158. The predicted octanol–water partition coefficient (Wildman–Crippen LogP) is 6.56. The van der Waals surface area contributed by atoms with Crippen molar-refractivity contribution in [2.75, 3.05) is 58.1 Å². The number of aromatic nitrogens is 4. The van der Waals surface area contributed by atoms with Crippen LogP contribution >= 0.6 is 22.9 Å². The van der Waals surface area contributed by atoms with E-state index >= 15 is 0 Å². The molecule has 4 heterocycles. The van der Waals surface area contributed by atoms with E-state index in [-0.39, 0.29) is 45.2 Å². The normalized spacial score (nSPS) is 15.4. The van der Waals surface area contributed by atoms with Crippen molar-refractivity contribution >= 4 is 57.5 Å². The first kappa shape index (κ1) is 49.0. The van der Waals surface area contributed by atoms with Gasteiger partial charge in [-0.25, -0.2) is 15.0 Å². The van der Waals surface area contributed by atoms with Crippen molar-refractivity contribution < 1.29 is 38.4 Å². The lowest BCUT2D eigenvalue weighted by Gasteiger charge is -2.35. The number of likely N-dealkylation sites (tertiary alicyclic amines) is 1. The standard InChI is InChI=1S/C49H57ClN8O8S/c1-31-43(67-30-55-31)34-11-9-32(10-12-34)25-52-47(61)41-23-36(59)27-58(41)48(62)44(49(2,3)4)57-42(60)28-65-20-19-63-17-18-64-21-22-66-37-15-13-33(14-16-37)40-24-38-45(53-29-54-46(38)56-40)51-26-35-7-5-6-8-39(35)50/h5-16,24,29-30,36,41,44,59H,17-23,25-28H2,1-4H3,(H,52,61)(H,57,60)(H2,51,53,54,56)/t36?,41?,44-/m1/s1. The van der Waals surface area contributed by atoms with Crippen molar-refractivity contribution in [2.24, 2.45) is 5.41 Å². The van der Waals surface area contributed by atoms with Gasteiger partial charge in [0.1, 0.15) is 48.8 Å². The number of hydrogen-bond donors (Lipinski definition) is 5. The SMILES string of the molecule is Cc1ncsc1-c1ccc(CNC(=O)C2CC(O)CN2C(=O)[C@@H](NC(=O)COCCOCCOCCOc2ccc(-c3cc4c(NCc5ccccc5Cl)ncnc4[nH]3)cc2)C(C)(C)C)cc1. The number of β-amino-alcohol motifs (C(OH)–C–C–N with tert-alkyl or cyclic N) is 1. The summed E-state index contributed by atoms with van der Waals surface area (Å²) in [5, 5.41) is 21.2. The number of rotatable bonds is 22. The molecule has 354 valence electrons. The molecule has 7 rings (SSSR count). The molecular weight excluding hydrogens is 896 g/mol. The monoisotopic (exact) mass is 952 g/mol. The van der Waals surface area contributed by atoms with Gasteiger partial charge in [0.2, 0.25) is 17.7 Å². The van der Waals surface area contributed by atoms with Crippen LogP contribution in [0, 0.1) is 12.3 Å². The smallest absolute Gasteiger partial charge is 0.246 e. The maximum absolute atomic E-state index is 13.9. The van der Waals surface area contributed by atoms with Crippen LogP contribution in [0.25, 0.3) is 32.7 Å². The molecule has 18 heteroatoms. The molecule has 1 aliphatic rings. The van der Waals surface area contributed by atoms with Crippen molar-refractivity contribution in [3.8, 4) is 27.4 Å². The Hall–Kier alpha value is -5.95. The minimum Gasteiger partial charge on any atom is -0.491 e. The van der Waals surface area contributed by atoms with Crippen LogP contribution < -0.4 is 20.7 Å². The van der Waals surface area contributed by atoms with Gasteiger partial charge in [-0.05, 0) is 71.0 Å². The lowest BCUT2D eigenvalue weighted by Crippen LogP contribution is -2.58. The second kappa shape index (κ2) is 23.2. The van der Waals surface area contributed by atoms with Crippen molar-refractivity contribution in [3.63, 3.8) is 0 Å². The lowest BCUT2D eigenvalue weighted by molar-refractivity contribution is -0.144. The number of H-pyrrole nitrogens is 1. The Balaban J connectivity index is 0.760. The Morgan fingerprint density at radius 1 is 0.896 bits per heavy atom. The number of nitrogens with zero attached hydrogens (tertiary/aromatic N) is 4. The largest absolute Gasteiger partial charge is 0.491 e. The zero-order chi connectivity index (χ0) is 47.3. The van der Waals surface area contributed by atoms with E-state index in [1.165, 1.54) is 11.2 Å². The van der Waals surface area contributed by atoms with Gasteiger partial charge in [0.15, 0.2) is 0 Å². The molecule has 0 saturated carbocycles. The van der Waals surface area contributed by atoms with E-state index in [9.17, 15) is 19.5 Å². The van der Waals surface area contributed by atoms with Crippen LogP contribution in [0.1, 0.15) is 44.0 Å². The molecule has 1 saturated heterocycles. The van der Waals surface area contributed by atoms with Gasteiger partial charge in [-0.3, -0.25) is 14.4 Å². The van der Waals surface area contributed by atoms with Crippen molar-refractivity contribution in [1.82, 2.24) is 35.5 Å². The van der Waals surface area contributed by atoms with E-state index in [1.807, 2.05) is 112 Å². The third kappa shape index (κ3) is 13.4. The molecule has 16 nitrogen and oxygen atoms in total.